The molecule has 1 aromatic carbocycles. The SMILES string of the molecule is NCCC(O)CCc1nc2ccccc2s1. The number of benzene rings is 1. The minimum atomic E-state index is -0.294. The van der Waals surface area contributed by atoms with Gasteiger partial charge in [0.2, 0.25) is 0 Å². The van der Waals surface area contributed by atoms with Crippen molar-refractivity contribution in [2.75, 3.05) is 6.54 Å². The largest absolute Gasteiger partial charge is 0.393 e. The minimum Gasteiger partial charge on any atom is -0.393 e. The molecule has 0 amide bonds. The Morgan fingerprint density at radius 2 is 2.12 bits per heavy atom. The third-order valence-electron chi connectivity index (χ3n) is 2.53. The summed E-state index contributed by atoms with van der Waals surface area (Å²) in [5.41, 5.74) is 6.44. The molecular weight excluding hydrogens is 220 g/mol. The number of rotatable bonds is 5. The Kier molecular flexibility index (Phi) is 3.88. The number of aryl methyl sites for hydroxylation is 1. The lowest BCUT2D eigenvalue weighted by molar-refractivity contribution is 0.157. The van der Waals surface area contributed by atoms with Gasteiger partial charge in [0.25, 0.3) is 0 Å². The number of thiazole rings is 1. The molecule has 0 fully saturated rings. The number of nitrogens with two attached hydrogens (primary N) is 1. The highest BCUT2D eigenvalue weighted by Gasteiger charge is 2.07. The first-order valence-electron chi connectivity index (χ1n) is 5.52. The molecular formula is C12H16N2OS. The van der Waals surface area contributed by atoms with Crippen LogP contribution in [0.4, 0.5) is 0 Å². The van der Waals surface area contributed by atoms with E-state index >= 15 is 0 Å². The summed E-state index contributed by atoms with van der Waals surface area (Å²) in [7, 11) is 0. The van der Waals surface area contributed by atoms with Crippen molar-refractivity contribution in [3.63, 3.8) is 0 Å². The zero-order chi connectivity index (χ0) is 11.4. The van der Waals surface area contributed by atoms with E-state index in [4.69, 9.17) is 5.73 Å². The van der Waals surface area contributed by atoms with Crippen LogP contribution in [-0.2, 0) is 6.42 Å². The zero-order valence-electron chi connectivity index (χ0n) is 9.10. The number of aliphatic hydroxyl groups excluding tert-OH is 1. The van der Waals surface area contributed by atoms with Crippen molar-refractivity contribution in [1.82, 2.24) is 4.98 Å². The fourth-order valence-corrected chi connectivity index (χ4v) is 2.64. The Morgan fingerprint density at radius 3 is 2.88 bits per heavy atom. The standard InChI is InChI=1S/C12H16N2OS/c13-8-7-9(15)5-6-12-14-10-3-1-2-4-11(10)16-12/h1-4,9,15H,5-8,13H2. The Morgan fingerprint density at radius 1 is 1.31 bits per heavy atom. The van der Waals surface area contributed by atoms with E-state index in [0.717, 1.165) is 23.4 Å². The van der Waals surface area contributed by atoms with Gasteiger partial charge < -0.3 is 10.8 Å². The van der Waals surface area contributed by atoms with Gasteiger partial charge in [-0.25, -0.2) is 4.98 Å². The van der Waals surface area contributed by atoms with Gasteiger partial charge in [0.1, 0.15) is 0 Å². The molecule has 3 nitrogen and oxygen atoms in total. The average molecular weight is 236 g/mol. The van der Waals surface area contributed by atoms with Crippen LogP contribution in [0.5, 0.6) is 0 Å². The normalized spacial score (nSPS) is 13.1. The van der Waals surface area contributed by atoms with Crippen molar-refractivity contribution in [2.24, 2.45) is 5.73 Å². The number of aliphatic hydroxyl groups is 1. The molecule has 0 aliphatic carbocycles. The van der Waals surface area contributed by atoms with Gasteiger partial charge in [-0.3, -0.25) is 0 Å². The van der Waals surface area contributed by atoms with Crippen LogP contribution in [0.15, 0.2) is 24.3 Å². The second-order valence-electron chi connectivity index (χ2n) is 3.85. The first-order valence-corrected chi connectivity index (χ1v) is 6.34. The summed E-state index contributed by atoms with van der Waals surface area (Å²) in [6.45, 7) is 0.543. The van der Waals surface area contributed by atoms with E-state index < -0.39 is 0 Å². The van der Waals surface area contributed by atoms with E-state index in [9.17, 15) is 5.11 Å². The first-order chi connectivity index (χ1) is 7.79. The quantitative estimate of drug-likeness (QED) is 0.834. The van der Waals surface area contributed by atoms with Crippen LogP contribution < -0.4 is 5.73 Å². The minimum absolute atomic E-state index is 0.294. The van der Waals surface area contributed by atoms with Crippen molar-refractivity contribution in [1.29, 1.82) is 0 Å². The molecule has 1 heterocycles. The molecule has 0 aliphatic rings. The monoisotopic (exact) mass is 236 g/mol. The summed E-state index contributed by atoms with van der Waals surface area (Å²) >= 11 is 1.70. The third kappa shape index (κ3) is 2.78. The number of nitrogens with zero attached hydrogens (tertiary/aromatic N) is 1. The predicted octanol–water partition coefficient (Wildman–Crippen LogP) is 1.94. The molecule has 4 heteroatoms. The molecule has 16 heavy (non-hydrogen) atoms. The smallest absolute Gasteiger partial charge is 0.0939 e. The van der Waals surface area contributed by atoms with Crippen LogP contribution in [0.1, 0.15) is 17.8 Å². The zero-order valence-corrected chi connectivity index (χ0v) is 9.91. The summed E-state index contributed by atoms with van der Waals surface area (Å²) < 4.78 is 1.21. The molecule has 0 spiro atoms. The summed E-state index contributed by atoms with van der Waals surface area (Å²) in [6, 6.07) is 8.11. The highest BCUT2D eigenvalue weighted by atomic mass is 32.1. The van der Waals surface area contributed by atoms with E-state index in [0.29, 0.717) is 13.0 Å². The lowest BCUT2D eigenvalue weighted by Gasteiger charge is -2.06. The van der Waals surface area contributed by atoms with E-state index in [1.54, 1.807) is 11.3 Å². The number of para-hydroxylation sites is 1. The van der Waals surface area contributed by atoms with Crippen LogP contribution in [0.3, 0.4) is 0 Å². The third-order valence-corrected chi connectivity index (χ3v) is 3.63. The van der Waals surface area contributed by atoms with Gasteiger partial charge >= 0.3 is 0 Å². The van der Waals surface area contributed by atoms with Gasteiger partial charge in [-0.1, -0.05) is 12.1 Å². The van der Waals surface area contributed by atoms with Crippen molar-refractivity contribution in [3.8, 4) is 0 Å². The van der Waals surface area contributed by atoms with Gasteiger partial charge in [0, 0.05) is 6.42 Å². The molecule has 0 saturated carbocycles. The number of hydrogen-bond donors (Lipinski definition) is 2. The summed E-state index contributed by atoms with van der Waals surface area (Å²) in [5.74, 6) is 0. The van der Waals surface area contributed by atoms with Crippen molar-refractivity contribution >= 4 is 21.6 Å². The Bertz CT molecular complexity index is 422. The second-order valence-corrected chi connectivity index (χ2v) is 4.96. The number of aromatic nitrogens is 1. The van der Waals surface area contributed by atoms with Gasteiger partial charge in [-0.15, -0.1) is 11.3 Å². The maximum absolute atomic E-state index is 9.58. The van der Waals surface area contributed by atoms with Crippen molar-refractivity contribution < 1.29 is 5.11 Å². The Balaban J connectivity index is 1.99. The molecule has 3 N–H and O–H groups in total. The lowest BCUT2D eigenvalue weighted by Crippen LogP contribution is -2.13. The summed E-state index contributed by atoms with van der Waals surface area (Å²) in [5, 5.41) is 10.7. The lowest BCUT2D eigenvalue weighted by atomic mass is 10.1. The molecule has 0 radical (unpaired) electrons. The number of hydrogen-bond acceptors (Lipinski definition) is 4. The average Bonchev–Trinajstić information content (AvgIpc) is 2.69. The van der Waals surface area contributed by atoms with Gasteiger partial charge in [-0.2, -0.15) is 0 Å². The first kappa shape index (κ1) is 11.5. The Hall–Kier alpha value is -0.970. The summed E-state index contributed by atoms with van der Waals surface area (Å²) in [6.07, 6.45) is 1.96. The summed E-state index contributed by atoms with van der Waals surface area (Å²) in [4.78, 5) is 4.52. The predicted molar refractivity (Wildman–Crippen MR) is 67.6 cm³/mol. The van der Waals surface area contributed by atoms with Crippen LogP contribution in [0.2, 0.25) is 0 Å². The van der Waals surface area contributed by atoms with E-state index in [1.165, 1.54) is 4.70 Å². The van der Waals surface area contributed by atoms with E-state index in [1.807, 2.05) is 18.2 Å². The second kappa shape index (κ2) is 5.39. The van der Waals surface area contributed by atoms with Crippen LogP contribution in [0.25, 0.3) is 10.2 Å². The molecule has 0 aliphatic heterocycles. The van der Waals surface area contributed by atoms with Crippen LogP contribution >= 0.6 is 11.3 Å². The number of fused-ring (bicyclic) bond motifs is 1. The van der Waals surface area contributed by atoms with Gasteiger partial charge in [0.15, 0.2) is 0 Å². The fraction of sp³-hybridized carbons (Fsp3) is 0.417. The van der Waals surface area contributed by atoms with Crippen LogP contribution in [0, 0.1) is 0 Å². The maximum atomic E-state index is 9.58. The molecule has 86 valence electrons. The van der Waals surface area contributed by atoms with Gasteiger partial charge in [0.05, 0.1) is 21.3 Å². The Labute approximate surface area is 98.9 Å². The van der Waals surface area contributed by atoms with Crippen LogP contribution in [-0.4, -0.2) is 22.7 Å². The highest BCUT2D eigenvalue weighted by molar-refractivity contribution is 7.18. The molecule has 0 saturated heterocycles. The maximum Gasteiger partial charge on any atom is 0.0939 e. The molecule has 1 unspecified atom stereocenters. The topological polar surface area (TPSA) is 59.1 Å². The molecule has 1 atom stereocenters. The van der Waals surface area contributed by atoms with E-state index in [2.05, 4.69) is 11.1 Å². The molecule has 2 rings (SSSR count). The van der Waals surface area contributed by atoms with Gasteiger partial charge in [-0.05, 0) is 31.5 Å². The molecule has 2 aromatic rings. The highest BCUT2D eigenvalue weighted by Crippen LogP contribution is 2.22. The van der Waals surface area contributed by atoms with Crippen molar-refractivity contribution in [3.05, 3.63) is 29.3 Å². The molecule has 0 bridgehead atoms. The fourth-order valence-electron chi connectivity index (χ4n) is 1.65. The van der Waals surface area contributed by atoms with E-state index in [-0.39, 0.29) is 6.10 Å². The van der Waals surface area contributed by atoms with Crippen molar-refractivity contribution in [2.45, 2.75) is 25.4 Å². The molecule has 1 aromatic heterocycles.